The van der Waals surface area contributed by atoms with Crippen LogP contribution in [0.2, 0.25) is 10.0 Å². The molecule has 3 aromatic rings. The van der Waals surface area contributed by atoms with Gasteiger partial charge in [-0.2, -0.15) is 5.10 Å². The van der Waals surface area contributed by atoms with Crippen LogP contribution in [0, 0.1) is 0 Å². The second-order valence-electron chi connectivity index (χ2n) is 5.10. The third-order valence-corrected chi connectivity index (χ3v) is 4.23. The molecule has 0 fully saturated rings. The number of hydrazine groups is 1. The fourth-order valence-electron chi connectivity index (χ4n) is 2.45. The van der Waals surface area contributed by atoms with Gasteiger partial charge in [-0.3, -0.25) is 14.9 Å². The van der Waals surface area contributed by atoms with Gasteiger partial charge in [0.05, 0.1) is 19.2 Å². The third-order valence-electron chi connectivity index (χ3n) is 3.64. The van der Waals surface area contributed by atoms with Gasteiger partial charge in [-0.25, -0.2) is 5.84 Å². The van der Waals surface area contributed by atoms with Gasteiger partial charge < -0.3 is 4.74 Å². The van der Waals surface area contributed by atoms with Crippen LogP contribution in [0.5, 0.6) is 5.75 Å². The van der Waals surface area contributed by atoms with Crippen LogP contribution in [-0.2, 0) is 6.54 Å². The van der Waals surface area contributed by atoms with Gasteiger partial charge in [0.1, 0.15) is 5.75 Å². The monoisotopic (exact) mass is 364 g/mol. The minimum atomic E-state index is -0.467. The lowest BCUT2D eigenvalue weighted by Crippen LogP contribution is -2.30. The Balaban J connectivity index is 2.13. The Kier molecular flexibility index (Phi) is 4.62. The van der Waals surface area contributed by atoms with Crippen LogP contribution < -0.4 is 16.0 Å². The first-order valence-electron chi connectivity index (χ1n) is 7.03. The first-order chi connectivity index (χ1) is 11.5. The number of hydrogen-bond acceptors (Lipinski definition) is 4. The number of benzene rings is 2. The summed E-state index contributed by atoms with van der Waals surface area (Å²) in [6.07, 6.45) is 0. The number of nitrogens with one attached hydrogen (secondary N) is 1. The average Bonchev–Trinajstić information content (AvgIpc) is 2.94. The zero-order valence-electron chi connectivity index (χ0n) is 12.7. The van der Waals surface area contributed by atoms with Crippen molar-refractivity contribution in [3.63, 3.8) is 0 Å². The Morgan fingerprint density at radius 2 is 2.08 bits per heavy atom. The molecule has 6 nitrogen and oxygen atoms in total. The Bertz CT molecular complexity index is 924. The molecule has 0 atom stereocenters. The van der Waals surface area contributed by atoms with Crippen LogP contribution in [0.3, 0.4) is 0 Å². The number of amides is 1. The van der Waals surface area contributed by atoms with Crippen LogP contribution in [0.15, 0.2) is 36.4 Å². The third kappa shape index (κ3) is 3.03. The summed E-state index contributed by atoms with van der Waals surface area (Å²) >= 11 is 12.2. The van der Waals surface area contributed by atoms with Crippen molar-refractivity contribution in [3.05, 3.63) is 57.7 Å². The molecule has 2 aromatic carbocycles. The number of nitrogens with zero attached hydrogens (tertiary/aromatic N) is 2. The van der Waals surface area contributed by atoms with Crippen molar-refractivity contribution in [2.45, 2.75) is 6.54 Å². The number of hydrogen-bond donors (Lipinski definition) is 2. The molecule has 0 saturated heterocycles. The number of halogens is 2. The van der Waals surface area contributed by atoms with E-state index in [1.165, 1.54) is 0 Å². The highest BCUT2D eigenvalue weighted by Gasteiger charge is 2.18. The maximum absolute atomic E-state index is 12.0. The van der Waals surface area contributed by atoms with Crippen molar-refractivity contribution in [1.82, 2.24) is 15.2 Å². The molecule has 3 rings (SSSR count). The second-order valence-corrected chi connectivity index (χ2v) is 5.94. The fourth-order valence-corrected chi connectivity index (χ4v) is 2.92. The van der Waals surface area contributed by atoms with Crippen molar-refractivity contribution < 1.29 is 9.53 Å². The number of methoxy groups -OCH3 is 1. The quantitative estimate of drug-likeness (QED) is 0.423. The van der Waals surface area contributed by atoms with Crippen LogP contribution in [0.1, 0.15) is 16.1 Å². The SMILES string of the molecule is COc1ccc2c(C(=O)NN)nn(Cc3ccc(Cl)cc3Cl)c2c1. The fraction of sp³-hybridized carbons (Fsp3) is 0.125. The highest BCUT2D eigenvalue weighted by molar-refractivity contribution is 6.35. The molecule has 0 spiro atoms. The highest BCUT2D eigenvalue weighted by atomic mass is 35.5. The topological polar surface area (TPSA) is 82.2 Å². The van der Waals surface area contributed by atoms with Crippen LogP contribution in [0.4, 0.5) is 0 Å². The van der Waals surface area contributed by atoms with E-state index in [2.05, 4.69) is 10.5 Å². The number of carbonyl (C=O) groups is 1. The molecular formula is C16H14Cl2N4O2. The maximum Gasteiger partial charge on any atom is 0.286 e. The number of nitrogen functional groups attached to an aromatic ring is 1. The van der Waals surface area contributed by atoms with Gasteiger partial charge in [0.15, 0.2) is 5.69 Å². The van der Waals surface area contributed by atoms with Crippen molar-refractivity contribution in [2.75, 3.05) is 7.11 Å². The lowest BCUT2D eigenvalue weighted by atomic mass is 10.2. The number of carbonyl (C=O) groups excluding carboxylic acids is 1. The summed E-state index contributed by atoms with van der Waals surface area (Å²) in [7, 11) is 1.57. The Morgan fingerprint density at radius 3 is 2.75 bits per heavy atom. The molecule has 0 aliphatic rings. The molecule has 0 saturated carbocycles. The van der Waals surface area contributed by atoms with E-state index in [0.717, 1.165) is 11.1 Å². The second kappa shape index (κ2) is 6.68. The van der Waals surface area contributed by atoms with Crippen LogP contribution in [0.25, 0.3) is 10.9 Å². The van der Waals surface area contributed by atoms with Gasteiger partial charge in [-0.05, 0) is 29.8 Å². The summed E-state index contributed by atoms with van der Waals surface area (Å²) in [6.45, 7) is 0.373. The number of ether oxygens (including phenoxy) is 1. The largest absolute Gasteiger partial charge is 0.497 e. The lowest BCUT2D eigenvalue weighted by molar-refractivity contribution is 0.0949. The van der Waals surface area contributed by atoms with Gasteiger partial charge in [0.2, 0.25) is 0 Å². The molecule has 3 N–H and O–H groups in total. The van der Waals surface area contributed by atoms with E-state index in [1.54, 1.807) is 42.1 Å². The number of nitrogens with two attached hydrogens (primary N) is 1. The molecule has 0 aliphatic carbocycles. The van der Waals surface area contributed by atoms with Crippen LogP contribution >= 0.6 is 23.2 Å². The first kappa shape index (κ1) is 16.6. The Hall–Kier alpha value is -2.28. The zero-order valence-corrected chi connectivity index (χ0v) is 14.2. The number of fused-ring (bicyclic) bond motifs is 1. The van der Waals surface area contributed by atoms with Crippen molar-refractivity contribution in [3.8, 4) is 5.75 Å². The molecule has 1 aromatic heterocycles. The van der Waals surface area contributed by atoms with E-state index >= 15 is 0 Å². The number of aromatic nitrogens is 2. The van der Waals surface area contributed by atoms with E-state index in [9.17, 15) is 4.79 Å². The zero-order chi connectivity index (χ0) is 17.3. The van der Waals surface area contributed by atoms with E-state index in [4.69, 9.17) is 33.8 Å². The van der Waals surface area contributed by atoms with E-state index < -0.39 is 5.91 Å². The summed E-state index contributed by atoms with van der Waals surface area (Å²) in [5, 5.41) is 6.12. The molecule has 124 valence electrons. The van der Waals surface area contributed by atoms with Gasteiger partial charge in [-0.15, -0.1) is 0 Å². The molecule has 0 unspecified atom stereocenters. The predicted octanol–water partition coefficient (Wildman–Crippen LogP) is 3.00. The minimum Gasteiger partial charge on any atom is -0.497 e. The summed E-state index contributed by atoms with van der Waals surface area (Å²) in [5.41, 5.74) is 3.91. The minimum absolute atomic E-state index is 0.236. The molecule has 24 heavy (non-hydrogen) atoms. The smallest absolute Gasteiger partial charge is 0.286 e. The summed E-state index contributed by atoms with van der Waals surface area (Å²) in [4.78, 5) is 12.0. The Morgan fingerprint density at radius 1 is 1.29 bits per heavy atom. The van der Waals surface area contributed by atoms with E-state index in [-0.39, 0.29) is 5.69 Å². The molecule has 1 amide bonds. The predicted molar refractivity (Wildman–Crippen MR) is 93.5 cm³/mol. The molecule has 0 aliphatic heterocycles. The normalized spacial score (nSPS) is 10.8. The summed E-state index contributed by atoms with van der Waals surface area (Å²) in [5.74, 6) is 5.44. The summed E-state index contributed by atoms with van der Waals surface area (Å²) in [6, 6.07) is 10.6. The molecule has 1 heterocycles. The molecule has 0 radical (unpaired) electrons. The van der Waals surface area contributed by atoms with E-state index in [1.807, 2.05) is 6.07 Å². The number of rotatable bonds is 4. The average molecular weight is 365 g/mol. The van der Waals surface area contributed by atoms with Gasteiger partial charge >= 0.3 is 0 Å². The van der Waals surface area contributed by atoms with Gasteiger partial charge in [0, 0.05) is 21.5 Å². The molecule has 0 bridgehead atoms. The van der Waals surface area contributed by atoms with Crippen molar-refractivity contribution >= 4 is 40.0 Å². The first-order valence-corrected chi connectivity index (χ1v) is 7.78. The summed E-state index contributed by atoms with van der Waals surface area (Å²) < 4.78 is 6.93. The maximum atomic E-state index is 12.0. The highest BCUT2D eigenvalue weighted by Crippen LogP contribution is 2.27. The van der Waals surface area contributed by atoms with Crippen LogP contribution in [-0.4, -0.2) is 22.8 Å². The van der Waals surface area contributed by atoms with Crippen molar-refractivity contribution in [1.29, 1.82) is 0 Å². The standard InChI is InChI=1S/C16H14Cl2N4O2/c1-24-11-4-5-12-14(7-11)22(21-15(12)16(23)20-19)8-9-2-3-10(17)6-13(9)18/h2-7H,8,19H2,1H3,(H,20,23). The Labute approximate surface area is 148 Å². The van der Waals surface area contributed by atoms with Crippen molar-refractivity contribution in [2.24, 2.45) is 5.84 Å². The van der Waals surface area contributed by atoms with Gasteiger partial charge in [-0.1, -0.05) is 29.3 Å². The molecular weight excluding hydrogens is 351 g/mol. The van der Waals surface area contributed by atoms with E-state index in [0.29, 0.717) is 27.7 Å². The lowest BCUT2D eigenvalue weighted by Gasteiger charge is -2.07. The molecule has 8 heteroatoms. The van der Waals surface area contributed by atoms with Gasteiger partial charge in [0.25, 0.3) is 5.91 Å².